The number of amides is 2. The van der Waals surface area contributed by atoms with Gasteiger partial charge < -0.3 is 25.0 Å². The van der Waals surface area contributed by atoms with Crippen molar-refractivity contribution in [2.75, 3.05) is 44.8 Å². The van der Waals surface area contributed by atoms with Crippen LogP contribution in [0.4, 0.5) is 5.69 Å². The molecule has 8 heteroatoms. The first-order valence-corrected chi connectivity index (χ1v) is 8.73. The minimum Gasteiger partial charge on any atom is -0.482 e. The molecule has 2 aliphatic heterocycles. The second-order valence-corrected chi connectivity index (χ2v) is 6.36. The monoisotopic (exact) mass is 383 g/mol. The topological polar surface area (TPSA) is 79.9 Å². The van der Waals surface area contributed by atoms with Gasteiger partial charge >= 0.3 is 0 Å². The van der Waals surface area contributed by atoms with E-state index in [0.29, 0.717) is 32.4 Å². The summed E-state index contributed by atoms with van der Waals surface area (Å²) in [5.41, 5.74) is 0.0592. The highest BCUT2D eigenvalue weighted by Crippen LogP contribution is 2.31. The van der Waals surface area contributed by atoms with Crippen molar-refractivity contribution in [1.82, 2.24) is 10.6 Å². The van der Waals surface area contributed by atoms with Gasteiger partial charge in [-0.3, -0.25) is 9.59 Å². The summed E-state index contributed by atoms with van der Waals surface area (Å²) in [5, 5.41) is 6.20. The molecular weight excluding hydrogens is 358 g/mol. The zero-order valence-electron chi connectivity index (χ0n) is 15.0. The molecule has 2 amide bonds. The molecular formula is C18H26ClN3O4. The molecule has 0 bridgehead atoms. The Morgan fingerprint density at radius 2 is 2.08 bits per heavy atom. The Hall–Kier alpha value is -1.83. The van der Waals surface area contributed by atoms with Crippen LogP contribution in [-0.4, -0.2) is 57.3 Å². The molecule has 1 aromatic carbocycles. The molecule has 2 aliphatic rings. The number of ether oxygens (including phenoxy) is 2. The number of para-hydroxylation sites is 2. The van der Waals surface area contributed by atoms with Gasteiger partial charge in [0.2, 0.25) is 0 Å². The van der Waals surface area contributed by atoms with E-state index in [2.05, 4.69) is 10.6 Å². The van der Waals surface area contributed by atoms with E-state index in [1.807, 2.05) is 24.3 Å². The molecule has 0 unspecified atom stereocenters. The van der Waals surface area contributed by atoms with Crippen LogP contribution in [0.3, 0.4) is 0 Å². The van der Waals surface area contributed by atoms with Crippen molar-refractivity contribution in [3.8, 4) is 5.75 Å². The Kier molecular flexibility index (Phi) is 7.25. The van der Waals surface area contributed by atoms with E-state index in [1.165, 1.54) is 0 Å². The van der Waals surface area contributed by atoms with Crippen molar-refractivity contribution < 1.29 is 19.1 Å². The molecule has 7 nitrogen and oxygen atoms in total. The maximum Gasteiger partial charge on any atom is 0.265 e. The minimum atomic E-state index is -0.730. The molecule has 2 heterocycles. The second-order valence-electron chi connectivity index (χ2n) is 6.36. The van der Waals surface area contributed by atoms with E-state index >= 15 is 0 Å². The van der Waals surface area contributed by atoms with Gasteiger partial charge in [-0.15, -0.1) is 12.4 Å². The quantitative estimate of drug-likeness (QED) is 0.719. The van der Waals surface area contributed by atoms with Crippen LogP contribution < -0.4 is 20.3 Å². The van der Waals surface area contributed by atoms with Gasteiger partial charge in [-0.1, -0.05) is 12.1 Å². The van der Waals surface area contributed by atoms with Gasteiger partial charge in [0.1, 0.15) is 11.4 Å². The Labute approximate surface area is 159 Å². The number of methoxy groups -OCH3 is 1. The zero-order valence-corrected chi connectivity index (χ0v) is 15.8. The summed E-state index contributed by atoms with van der Waals surface area (Å²) in [6.45, 7) is 2.66. The lowest BCUT2D eigenvalue weighted by Gasteiger charge is -2.35. The number of benzene rings is 1. The number of hydrogen-bond donors (Lipinski definition) is 2. The molecule has 0 saturated carbocycles. The summed E-state index contributed by atoms with van der Waals surface area (Å²) < 4.78 is 11.0. The molecule has 0 radical (unpaired) electrons. The highest BCUT2D eigenvalue weighted by atomic mass is 35.5. The smallest absolute Gasteiger partial charge is 0.265 e. The molecule has 2 N–H and O–H groups in total. The number of anilines is 1. The fraction of sp³-hybridized carbons (Fsp3) is 0.556. The standard InChI is InChI=1S/C18H25N3O4.ClH/c1-24-18(7-10-19-11-8-18)17(23)20-9-4-12-21-14-5-2-3-6-15(14)25-13-16(21)22;/h2-3,5-6,19H,4,7-13H2,1H3,(H,20,23);1H. The molecule has 26 heavy (non-hydrogen) atoms. The molecule has 3 rings (SSSR count). The third-order valence-corrected chi connectivity index (χ3v) is 4.87. The Bertz CT molecular complexity index is 635. The van der Waals surface area contributed by atoms with Gasteiger partial charge in [-0.25, -0.2) is 0 Å². The second kappa shape index (κ2) is 9.21. The predicted octanol–water partition coefficient (Wildman–Crippen LogP) is 1.11. The van der Waals surface area contributed by atoms with Crippen molar-refractivity contribution in [2.24, 2.45) is 0 Å². The molecule has 0 spiro atoms. The van der Waals surface area contributed by atoms with E-state index in [9.17, 15) is 9.59 Å². The normalized spacial score (nSPS) is 18.3. The van der Waals surface area contributed by atoms with Crippen LogP contribution in [0.5, 0.6) is 5.75 Å². The lowest BCUT2D eigenvalue weighted by Crippen LogP contribution is -2.54. The number of carbonyl (C=O) groups is 2. The average molecular weight is 384 g/mol. The number of piperidine rings is 1. The summed E-state index contributed by atoms with van der Waals surface area (Å²) in [6, 6.07) is 7.50. The third kappa shape index (κ3) is 4.28. The summed E-state index contributed by atoms with van der Waals surface area (Å²) in [7, 11) is 1.59. The number of hydrogen-bond acceptors (Lipinski definition) is 5. The van der Waals surface area contributed by atoms with Crippen LogP contribution in [-0.2, 0) is 14.3 Å². The fourth-order valence-corrected chi connectivity index (χ4v) is 3.35. The van der Waals surface area contributed by atoms with Crippen molar-refractivity contribution in [3.63, 3.8) is 0 Å². The van der Waals surface area contributed by atoms with Crippen LogP contribution >= 0.6 is 12.4 Å². The number of nitrogens with one attached hydrogen (secondary N) is 2. The summed E-state index contributed by atoms with van der Waals surface area (Å²) in [5.74, 6) is 0.598. The third-order valence-electron chi connectivity index (χ3n) is 4.87. The summed E-state index contributed by atoms with van der Waals surface area (Å²) >= 11 is 0. The SMILES string of the molecule is COC1(C(=O)NCCCN2C(=O)COc3ccccc32)CCNCC1.Cl. The van der Waals surface area contributed by atoms with Gasteiger partial charge in [-0.05, 0) is 44.5 Å². The van der Waals surface area contributed by atoms with Gasteiger partial charge in [0.15, 0.2) is 6.61 Å². The van der Waals surface area contributed by atoms with E-state index < -0.39 is 5.60 Å². The van der Waals surface area contributed by atoms with Crippen LogP contribution in [0.15, 0.2) is 24.3 Å². The molecule has 144 valence electrons. The van der Waals surface area contributed by atoms with E-state index in [4.69, 9.17) is 9.47 Å². The molecule has 1 fully saturated rings. The number of carbonyl (C=O) groups excluding carboxylic acids is 2. The summed E-state index contributed by atoms with van der Waals surface area (Å²) in [4.78, 5) is 26.3. The maximum absolute atomic E-state index is 12.5. The average Bonchev–Trinajstić information content (AvgIpc) is 2.66. The van der Waals surface area contributed by atoms with Gasteiger partial charge in [0.25, 0.3) is 11.8 Å². The largest absolute Gasteiger partial charge is 0.482 e. The van der Waals surface area contributed by atoms with Crippen LogP contribution in [0, 0.1) is 0 Å². The van der Waals surface area contributed by atoms with Crippen molar-refractivity contribution >= 4 is 29.9 Å². The molecule has 0 aliphatic carbocycles. The van der Waals surface area contributed by atoms with Crippen molar-refractivity contribution in [1.29, 1.82) is 0 Å². The predicted molar refractivity (Wildman–Crippen MR) is 101 cm³/mol. The lowest BCUT2D eigenvalue weighted by molar-refractivity contribution is -0.146. The van der Waals surface area contributed by atoms with Gasteiger partial charge in [0, 0.05) is 20.2 Å². The Morgan fingerprint density at radius 3 is 2.81 bits per heavy atom. The molecule has 0 aromatic heterocycles. The number of halogens is 1. The van der Waals surface area contributed by atoms with E-state index in [0.717, 1.165) is 24.5 Å². The van der Waals surface area contributed by atoms with Crippen LogP contribution in [0.25, 0.3) is 0 Å². The van der Waals surface area contributed by atoms with Gasteiger partial charge in [-0.2, -0.15) is 0 Å². The Morgan fingerprint density at radius 1 is 1.35 bits per heavy atom. The number of rotatable bonds is 6. The first-order chi connectivity index (χ1) is 12.2. The molecule has 1 aromatic rings. The minimum absolute atomic E-state index is 0. The van der Waals surface area contributed by atoms with Crippen molar-refractivity contribution in [3.05, 3.63) is 24.3 Å². The lowest BCUT2D eigenvalue weighted by atomic mass is 9.91. The van der Waals surface area contributed by atoms with Gasteiger partial charge in [0.05, 0.1) is 5.69 Å². The zero-order chi connectivity index (χ0) is 17.7. The fourth-order valence-electron chi connectivity index (χ4n) is 3.35. The van der Waals surface area contributed by atoms with E-state index in [1.54, 1.807) is 12.0 Å². The maximum atomic E-state index is 12.5. The molecule has 0 atom stereocenters. The highest BCUT2D eigenvalue weighted by molar-refractivity contribution is 5.97. The number of nitrogens with zero attached hydrogens (tertiary/aromatic N) is 1. The van der Waals surface area contributed by atoms with E-state index in [-0.39, 0.29) is 30.8 Å². The number of fused-ring (bicyclic) bond motifs is 1. The van der Waals surface area contributed by atoms with Crippen molar-refractivity contribution in [2.45, 2.75) is 24.9 Å². The first kappa shape index (κ1) is 20.5. The highest BCUT2D eigenvalue weighted by Gasteiger charge is 2.39. The first-order valence-electron chi connectivity index (χ1n) is 8.73. The Balaban J connectivity index is 0.00000243. The van der Waals surface area contributed by atoms with Crippen LogP contribution in [0.2, 0.25) is 0 Å². The molecule has 1 saturated heterocycles. The van der Waals surface area contributed by atoms with Crippen LogP contribution in [0.1, 0.15) is 19.3 Å². The summed E-state index contributed by atoms with van der Waals surface area (Å²) in [6.07, 6.45) is 2.01.